The molecule has 2 aromatic heterocycles. The molecule has 0 aliphatic heterocycles. The van der Waals surface area contributed by atoms with Gasteiger partial charge in [-0.15, -0.1) is 0 Å². The van der Waals surface area contributed by atoms with Crippen molar-refractivity contribution >= 4 is 15.9 Å². The molecule has 0 saturated carbocycles. The predicted octanol–water partition coefficient (Wildman–Crippen LogP) is 5.61. The summed E-state index contributed by atoms with van der Waals surface area (Å²) in [6.07, 6.45) is 5.80. The molecule has 0 spiro atoms. The lowest BCUT2D eigenvalue weighted by Crippen LogP contribution is -2.18. The highest BCUT2D eigenvalue weighted by Gasteiger charge is 2.13. The summed E-state index contributed by atoms with van der Waals surface area (Å²) < 4.78 is 3.11. The molecule has 0 unspecified atom stereocenters. The fraction of sp³-hybridized carbons (Fsp3) is 0.167. The molecule has 1 atom stereocenters. The molecule has 2 heterocycles. The van der Waals surface area contributed by atoms with Gasteiger partial charge in [-0.05, 0) is 42.3 Å². The van der Waals surface area contributed by atoms with Crippen LogP contribution in [0.2, 0.25) is 0 Å². The van der Waals surface area contributed by atoms with Crippen molar-refractivity contribution in [2.45, 2.75) is 26.1 Å². The molecular weight excluding hydrogens is 424 g/mol. The highest BCUT2D eigenvalue weighted by Crippen LogP contribution is 2.23. The molecule has 29 heavy (non-hydrogen) atoms. The van der Waals surface area contributed by atoms with Crippen molar-refractivity contribution in [3.05, 3.63) is 106 Å². The summed E-state index contributed by atoms with van der Waals surface area (Å²) in [5.41, 5.74) is 5.66. The minimum atomic E-state index is 0.238. The standard InChI is InChI=1S/C24H23BrN4/c1-18(20-9-11-23(25)12-10-20)27-15-22-17-29(16-19-6-3-2-4-7-19)28-24(22)21-8-5-13-26-14-21/h2-14,17-18,27H,15-16H2,1H3/t18-/m1/s1. The van der Waals surface area contributed by atoms with E-state index in [-0.39, 0.29) is 6.04 Å². The van der Waals surface area contributed by atoms with Gasteiger partial charge in [0.25, 0.3) is 0 Å². The van der Waals surface area contributed by atoms with Crippen LogP contribution in [0.3, 0.4) is 0 Å². The maximum absolute atomic E-state index is 4.87. The molecule has 146 valence electrons. The molecule has 0 amide bonds. The van der Waals surface area contributed by atoms with Crippen LogP contribution in [0.4, 0.5) is 0 Å². The average molecular weight is 447 g/mol. The molecule has 0 aliphatic carbocycles. The van der Waals surface area contributed by atoms with Crippen molar-refractivity contribution in [2.24, 2.45) is 0 Å². The van der Waals surface area contributed by atoms with Gasteiger partial charge >= 0.3 is 0 Å². The molecule has 5 heteroatoms. The summed E-state index contributed by atoms with van der Waals surface area (Å²) in [5, 5.41) is 8.50. The summed E-state index contributed by atoms with van der Waals surface area (Å²) >= 11 is 3.50. The van der Waals surface area contributed by atoms with Crippen molar-refractivity contribution in [2.75, 3.05) is 0 Å². The van der Waals surface area contributed by atoms with Crippen LogP contribution in [-0.2, 0) is 13.1 Å². The Labute approximate surface area is 179 Å². The Kier molecular flexibility index (Phi) is 6.17. The molecule has 2 aromatic carbocycles. The molecule has 4 aromatic rings. The van der Waals surface area contributed by atoms with Crippen LogP contribution in [0.25, 0.3) is 11.3 Å². The van der Waals surface area contributed by atoms with Gasteiger partial charge in [0, 0.05) is 46.8 Å². The second-order valence-corrected chi connectivity index (χ2v) is 8.00. The average Bonchev–Trinajstić information content (AvgIpc) is 3.16. The quantitative estimate of drug-likeness (QED) is 0.401. The lowest BCUT2D eigenvalue weighted by atomic mass is 10.1. The minimum absolute atomic E-state index is 0.238. The number of pyridine rings is 1. The van der Waals surface area contributed by atoms with Crippen LogP contribution in [-0.4, -0.2) is 14.8 Å². The fourth-order valence-corrected chi connectivity index (χ4v) is 3.59. The highest BCUT2D eigenvalue weighted by atomic mass is 79.9. The first kappa shape index (κ1) is 19.6. The largest absolute Gasteiger partial charge is 0.306 e. The van der Waals surface area contributed by atoms with E-state index in [9.17, 15) is 0 Å². The van der Waals surface area contributed by atoms with Gasteiger partial charge in [-0.1, -0.05) is 58.4 Å². The van der Waals surface area contributed by atoms with Crippen LogP contribution >= 0.6 is 15.9 Å². The molecule has 0 saturated heterocycles. The van der Waals surface area contributed by atoms with E-state index >= 15 is 0 Å². The molecule has 0 aliphatic rings. The van der Waals surface area contributed by atoms with Gasteiger partial charge in [-0.2, -0.15) is 5.10 Å². The number of aromatic nitrogens is 3. The third kappa shape index (κ3) is 5.00. The first-order valence-electron chi connectivity index (χ1n) is 9.68. The zero-order valence-electron chi connectivity index (χ0n) is 16.3. The Hall–Kier alpha value is -2.76. The Morgan fingerprint density at radius 1 is 1.00 bits per heavy atom. The number of benzene rings is 2. The fourth-order valence-electron chi connectivity index (χ4n) is 3.32. The van der Waals surface area contributed by atoms with E-state index in [1.165, 1.54) is 11.1 Å². The predicted molar refractivity (Wildman–Crippen MR) is 120 cm³/mol. The number of nitrogens with zero attached hydrogens (tertiary/aromatic N) is 3. The van der Waals surface area contributed by atoms with E-state index in [1.54, 1.807) is 6.20 Å². The zero-order chi connectivity index (χ0) is 20.1. The van der Waals surface area contributed by atoms with Crippen molar-refractivity contribution in [3.63, 3.8) is 0 Å². The van der Waals surface area contributed by atoms with Gasteiger partial charge in [0.2, 0.25) is 0 Å². The van der Waals surface area contributed by atoms with Crippen LogP contribution in [0, 0.1) is 0 Å². The number of hydrogen-bond acceptors (Lipinski definition) is 3. The Balaban J connectivity index is 1.56. The van der Waals surface area contributed by atoms with Gasteiger partial charge < -0.3 is 5.32 Å². The van der Waals surface area contributed by atoms with Crippen LogP contribution in [0.5, 0.6) is 0 Å². The Bertz CT molecular complexity index is 1040. The smallest absolute Gasteiger partial charge is 0.0983 e. The first-order chi connectivity index (χ1) is 14.2. The molecule has 0 radical (unpaired) electrons. The Morgan fingerprint density at radius 3 is 2.52 bits per heavy atom. The SMILES string of the molecule is C[C@@H](NCc1cn(Cc2ccccc2)nc1-c1cccnc1)c1ccc(Br)cc1. The van der Waals surface area contributed by atoms with Crippen molar-refractivity contribution in [1.29, 1.82) is 0 Å². The van der Waals surface area contributed by atoms with Crippen LogP contribution in [0.1, 0.15) is 29.7 Å². The van der Waals surface area contributed by atoms with Gasteiger partial charge in [0.05, 0.1) is 12.2 Å². The number of halogens is 1. The van der Waals surface area contributed by atoms with E-state index in [1.807, 2.05) is 23.0 Å². The summed E-state index contributed by atoms with van der Waals surface area (Å²) in [6, 6.07) is 23.1. The number of hydrogen-bond donors (Lipinski definition) is 1. The lowest BCUT2D eigenvalue weighted by molar-refractivity contribution is 0.574. The van der Waals surface area contributed by atoms with Gasteiger partial charge in [0.15, 0.2) is 0 Å². The molecular formula is C24H23BrN4. The summed E-state index contributed by atoms with van der Waals surface area (Å²) in [5.74, 6) is 0. The number of rotatable bonds is 7. The topological polar surface area (TPSA) is 42.7 Å². The third-order valence-corrected chi connectivity index (χ3v) is 5.46. The van der Waals surface area contributed by atoms with Crippen LogP contribution in [0.15, 0.2) is 89.8 Å². The molecule has 0 fully saturated rings. The van der Waals surface area contributed by atoms with E-state index in [0.717, 1.165) is 34.4 Å². The second kappa shape index (κ2) is 9.16. The zero-order valence-corrected chi connectivity index (χ0v) is 17.9. The van der Waals surface area contributed by atoms with Crippen molar-refractivity contribution < 1.29 is 0 Å². The monoisotopic (exact) mass is 446 g/mol. The molecule has 0 bridgehead atoms. The first-order valence-corrected chi connectivity index (χ1v) is 10.5. The summed E-state index contributed by atoms with van der Waals surface area (Å²) in [6.45, 7) is 3.66. The van der Waals surface area contributed by atoms with Crippen LogP contribution < -0.4 is 5.32 Å². The van der Waals surface area contributed by atoms with E-state index in [2.05, 4.69) is 93.9 Å². The highest BCUT2D eigenvalue weighted by molar-refractivity contribution is 9.10. The Morgan fingerprint density at radius 2 is 1.79 bits per heavy atom. The van der Waals surface area contributed by atoms with Crippen molar-refractivity contribution in [3.8, 4) is 11.3 Å². The van der Waals surface area contributed by atoms with Gasteiger partial charge in [0.1, 0.15) is 0 Å². The van der Waals surface area contributed by atoms with E-state index in [0.29, 0.717) is 0 Å². The normalized spacial score (nSPS) is 12.1. The van der Waals surface area contributed by atoms with E-state index < -0.39 is 0 Å². The maximum atomic E-state index is 4.87. The molecule has 4 rings (SSSR count). The number of nitrogens with one attached hydrogen (secondary N) is 1. The van der Waals surface area contributed by atoms with Gasteiger partial charge in [-0.25, -0.2) is 0 Å². The minimum Gasteiger partial charge on any atom is -0.306 e. The third-order valence-electron chi connectivity index (χ3n) is 4.93. The van der Waals surface area contributed by atoms with E-state index in [4.69, 9.17) is 5.10 Å². The van der Waals surface area contributed by atoms with Gasteiger partial charge in [-0.3, -0.25) is 9.67 Å². The summed E-state index contributed by atoms with van der Waals surface area (Å²) in [7, 11) is 0. The second-order valence-electron chi connectivity index (χ2n) is 7.08. The summed E-state index contributed by atoms with van der Waals surface area (Å²) in [4.78, 5) is 4.27. The van der Waals surface area contributed by atoms with Crippen molar-refractivity contribution in [1.82, 2.24) is 20.1 Å². The maximum Gasteiger partial charge on any atom is 0.0983 e. The molecule has 1 N–H and O–H groups in total. The lowest BCUT2D eigenvalue weighted by Gasteiger charge is -2.14. The molecule has 4 nitrogen and oxygen atoms in total.